The number of hydrogen-bond donors (Lipinski definition) is 2. The highest BCUT2D eigenvalue weighted by atomic mass is 35.5. The van der Waals surface area contributed by atoms with Crippen molar-refractivity contribution in [2.24, 2.45) is 0 Å². The molecule has 3 aliphatic rings. The Morgan fingerprint density at radius 3 is 2.39 bits per heavy atom. The molecule has 3 aromatic rings. The molecule has 20 heteroatoms. The third-order valence-electron chi connectivity index (χ3n) is 8.42. The topological polar surface area (TPSA) is 163 Å². The number of piperidine rings is 1. The quantitative estimate of drug-likeness (QED) is 0.279. The van der Waals surface area contributed by atoms with Gasteiger partial charge in [-0.1, -0.05) is 16.8 Å². The fraction of sp³-hybridized carbons (Fsp3) is 0.484. The van der Waals surface area contributed by atoms with Crippen LogP contribution in [-0.4, -0.2) is 104 Å². The van der Waals surface area contributed by atoms with Crippen LogP contribution in [0.1, 0.15) is 37.8 Å². The van der Waals surface area contributed by atoms with Crippen LogP contribution in [0.2, 0.25) is 4.34 Å². The zero-order chi connectivity index (χ0) is 37.1. The predicted molar refractivity (Wildman–Crippen MR) is 177 cm³/mol. The van der Waals surface area contributed by atoms with Gasteiger partial charge < -0.3 is 24.2 Å². The smallest absolute Gasteiger partial charge is 0.490 e. The number of benzene rings is 1. The molecule has 2 saturated heterocycles. The minimum atomic E-state index is -5.08. The van der Waals surface area contributed by atoms with Gasteiger partial charge in [-0.15, -0.1) is 11.3 Å². The van der Waals surface area contributed by atoms with E-state index in [0.717, 1.165) is 29.9 Å². The van der Waals surface area contributed by atoms with Crippen molar-refractivity contribution < 1.29 is 54.7 Å². The van der Waals surface area contributed by atoms with Crippen molar-refractivity contribution in [2.75, 3.05) is 44.7 Å². The van der Waals surface area contributed by atoms with E-state index in [-0.39, 0.29) is 30.2 Å². The summed E-state index contributed by atoms with van der Waals surface area (Å²) in [5.41, 5.74) is 0.389. The molecule has 1 aromatic carbocycles. The minimum Gasteiger partial charge on any atom is -0.493 e. The summed E-state index contributed by atoms with van der Waals surface area (Å²) in [5.74, 6) is -4.01. The first-order valence-corrected chi connectivity index (χ1v) is 18.5. The molecule has 3 fully saturated rings. The molecule has 2 aliphatic heterocycles. The highest BCUT2D eigenvalue weighted by molar-refractivity contribution is 7.89. The normalized spacial score (nSPS) is 17.9. The van der Waals surface area contributed by atoms with Crippen LogP contribution in [0.4, 0.5) is 23.2 Å². The molecule has 0 spiro atoms. The van der Waals surface area contributed by atoms with Crippen LogP contribution in [0.3, 0.4) is 0 Å². The van der Waals surface area contributed by atoms with Crippen molar-refractivity contribution in [3.8, 4) is 16.4 Å². The molecule has 0 bridgehead atoms. The van der Waals surface area contributed by atoms with Crippen LogP contribution < -0.4 is 14.4 Å². The average molecular weight is 780 g/mol. The van der Waals surface area contributed by atoms with Gasteiger partial charge >= 0.3 is 12.1 Å². The Bertz CT molecular complexity index is 1860. The van der Waals surface area contributed by atoms with E-state index < -0.39 is 44.8 Å². The van der Waals surface area contributed by atoms with E-state index in [1.54, 1.807) is 23.1 Å². The van der Waals surface area contributed by atoms with Crippen LogP contribution in [-0.2, 0) is 30.8 Å². The van der Waals surface area contributed by atoms with Crippen LogP contribution in [0.5, 0.6) is 5.75 Å². The highest BCUT2D eigenvalue weighted by Gasteiger charge is 2.39. The van der Waals surface area contributed by atoms with Crippen molar-refractivity contribution >= 4 is 56.4 Å². The van der Waals surface area contributed by atoms with E-state index in [1.807, 2.05) is 0 Å². The van der Waals surface area contributed by atoms with Gasteiger partial charge in [-0.25, -0.2) is 17.6 Å². The largest absolute Gasteiger partial charge is 0.493 e. The van der Waals surface area contributed by atoms with Crippen molar-refractivity contribution in [3.05, 3.63) is 46.2 Å². The number of aromatic nitrogens is 1. The second kappa shape index (κ2) is 15.9. The number of hydrogen-bond acceptors (Lipinski definition) is 10. The lowest BCUT2D eigenvalue weighted by atomic mass is 10.1. The molecule has 13 nitrogen and oxygen atoms in total. The zero-order valence-corrected chi connectivity index (χ0v) is 29.5. The van der Waals surface area contributed by atoms with Crippen molar-refractivity contribution in [1.82, 2.24) is 19.7 Å². The Kier molecular flexibility index (Phi) is 12.0. The minimum absolute atomic E-state index is 0.0346. The number of sulfonamides is 1. The fourth-order valence-electron chi connectivity index (χ4n) is 5.80. The van der Waals surface area contributed by atoms with E-state index in [1.165, 1.54) is 23.3 Å². The number of methoxy groups -OCH3 is 1. The van der Waals surface area contributed by atoms with Gasteiger partial charge in [-0.05, 0) is 43.9 Å². The maximum Gasteiger partial charge on any atom is 0.490 e. The standard InChI is InChI=1S/C29H33ClFN5O6S2.C2HF3O2/c1-41-28-22(36-9-3-2-4-27(36)37)14-18(31)15-25(28)44(39,40)33-21(29(38)35-12-10-34(11-13-35)20-5-6-20)16-19-17-23(42-32-19)24-7-8-26(30)43-24;3-2(4,5)1(6)7/h7-8,14-15,17,20-21,33H,2-6,9-13,16H2,1H3;(H,6,7)/t21-;/m0./s1. The first-order valence-electron chi connectivity index (χ1n) is 15.8. The summed E-state index contributed by atoms with van der Waals surface area (Å²) in [4.78, 5) is 41.0. The Morgan fingerprint density at radius 2 is 1.82 bits per heavy atom. The van der Waals surface area contributed by atoms with Crippen LogP contribution in [0.15, 0.2) is 39.8 Å². The predicted octanol–water partition coefficient (Wildman–Crippen LogP) is 4.55. The van der Waals surface area contributed by atoms with Gasteiger partial charge in [0.25, 0.3) is 0 Å². The summed E-state index contributed by atoms with van der Waals surface area (Å²) in [7, 11) is -3.28. The first kappa shape index (κ1) is 38.5. The van der Waals surface area contributed by atoms with Gasteiger partial charge in [0.05, 0.1) is 27.7 Å². The van der Waals surface area contributed by atoms with E-state index in [4.69, 9.17) is 30.8 Å². The number of carboxylic acid groups (broad SMARTS) is 1. The Labute approximate surface area is 299 Å². The van der Waals surface area contributed by atoms with E-state index in [2.05, 4.69) is 14.8 Å². The number of anilines is 1. The second-order valence-electron chi connectivity index (χ2n) is 12.0. The molecule has 0 unspecified atom stereocenters. The lowest BCUT2D eigenvalue weighted by Crippen LogP contribution is -2.55. The zero-order valence-electron chi connectivity index (χ0n) is 27.1. The second-order valence-corrected chi connectivity index (χ2v) is 15.4. The summed E-state index contributed by atoms with van der Waals surface area (Å²) in [6, 6.07) is 6.37. The van der Waals surface area contributed by atoms with Crippen LogP contribution in [0.25, 0.3) is 10.6 Å². The number of aliphatic carboxylic acids is 1. The molecule has 1 saturated carbocycles. The molecule has 6 rings (SSSR count). The molecule has 0 radical (unpaired) electrons. The van der Waals surface area contributed by atoms with Gasteiger partial charge in [0.15, 0.2) is 11.5 Å². The number of rotatable bonds is 10. The molecule has 1 atom stereocenters. The third-order valence-corrected chi connectivity index (χ3v) is 11.1. The third kappa shape index (κ3) is 9.56. The van der Waals surface area contributed by atoms with E-state index in [0.29, 0.717) is 67.4 Å². The van der Waals surface area contributed by atoms with Gasteiger partial charge in [0, 0.05) is 63.7 Å². The van der Waals surface area contributed by atoms with Gasteiger partial charge in [-0.3, -0.25) is 14.5 Å². The number of alkyl halides is 3. The van der Waals surface area contributed by atoms with Gasteiger partial charge in [0.2, 0.25) is 21.8 Å². The number of carbonyl (C=O) groups is 3. The van der Waals surface area contributed by atoms with Gasteiger partial charge in [-0.2, -0.15) is 17.9 Å². The molecule has 1 aliphatic carbocycles. The van der Waals surface area contributed by atoms with Crippen LogP contribution >= 0.6 is 22.9 Å². The van der Waals surface area contributed by atoms with Crippen molar-refractivity contribution in [1.29, 1.82) is 0 Å². The lowest BCUT2D eigenvalue weighted by Gasteiger charge is -2.36. The van der Waals surface area contributed by atoms with Gasteiger partial charge in [0.1, 0.15) is 16.8 Å². The number of carbonyl (C=O) groups excluding carboxylic acids is 2. The molecule has 2 amide bonds. The number of piperazine rings is 1. The number of carboxylic acids is 1. The van der Waals surface area contributed by atoms with Crippen molar-refractivity contribution in [2.45, 2.75) is 61.7 Å². The lowest BCUT2D eigenvalue weighted by molar-refractivity contribution is -0.192. The van der Waals surface area contributed by atoms with E-state index in [9.17, 15) is 35.6 Å². The first-order chi connectivity index (χ1) is 24.1. The molecule has 2 aromatic heterocycles. The van der Waals surface area contributed by atoms with Crippen LogP contribution in [0, 0.1) is 5.82 Å². The summed E-state index contributed by atoms with van der Waals surface area (Å²) < 4.78 is 88.6. The fourth-order valence-corrected chi connectivity index (χ4v) is 8.18. The SMILES string of the molecule is COc1c(N2CCCCC2=O)cc(F)cc1S(=O)(=O)N[C@@H](Cc1cc(-c2ccc(Cl)s2)on1)C(=O)N1CCN(C2CC2)CC1.O=C(O)C(F)(F)F. The summed E-state index contributed by atoms with van der Waals surface area (Å²) >= 11 is 7.36. The summed E-state index contributed by atoms with van der Waals surface area (Å²) in [6.07, 6.45) is -1.24. The number of ether oxygens (including phenoxy) is 1. The molecule has 51 heavy (non-hydrogen) atoms. The average Bonchev–Trinajstić information content (AvgIpc) is 3.68. The number of thiophene rings is 1. The summed E-state index contributed by atoms with van der Waals surface area (Å²) in [6.45, 7) is 2.62. The Hall–Kier alpha value is -3.78. The number of nitrogens with one attached hydrogen (secondary N) is 1. The highest BCUT2D eigenvalue weighted by Crippen LogP contribution is 2.38. The summed E-state index contributed by atoms with van der Waals surface area (Å²) in [5, 5.41) is 11.2. The number of nitrogens with zero attached hydrogens (tertiary/aromatic N) is 4. The molecule has 4 heterocycles. The molecule has 2 N–H and O–H groups in total. The van der Waals surface area contributed by atoms with E-state index >= 15 is 0 Å². The molecule has 278 valence electrons. The van der Waals surface area contributed by atoms with Crippen molar-refractivity contribution in [3.63, 3.8) is 0 Å². The Morgan fingerprint density at radius 1 is 1.14 bits per heavy atom. The monoisotopic (exact) mass is 779 g/mol. The maximum atomic E-state index is 15.0. The molecular weight excluding hydrogens is 746 g/mol. The maximum absolute atomic E-state index is 15.0. The number of amides is 2. The molecular formula is C31H34ClF4N5O8S2. The number of halogens is 5. The Balaban J connectivity index is 0.000000654.